The van der Waals surface area contributed by atoms with E-state index in [4.69, 9.17) is 0 Å². The lowest BCUT2D eigenvalue weighted by Crippen LogP contribution is -2.04. The molecule has 5 nitrogen and oxygen atoms in total. The third-order valence-corrected chi connectivity index (χ3v) is 3.65. The van der Waals surface area contributed by atoms with Gasteiger partial charge in [0.1, 0.15) is 23.8 Å². The number of carbonyl (C=O) groups excluding carboxylic acids is 1. The lowest BCUT2D eigenvalue weighted by atomic mass is 10.1. The van der Waals surface area contributed by atoms with Crippen LogP contribution in [0.4, 0.5) is 21.7 Å². The Hall–Kier alpha value is -3.28. The quantitative estimate of drug-likeness (QED) is 0.661. The van der Waals surface area contributed by atoms with Gasteiger partial charge in [-0.15, -0.1) is 0 Å². The summed E-state index contributed by atoms with van der Waals surface area (Å²) < 4.78 is 13.6. The van der Waals surface area contributed by atoms with E-state index in [1.807, 2.05) is 12.1 Å². The van der Waals surface area contributed by atoms with Crippen molar-refractivity contribution in [1.29, 1.82) is 0 Å². The van der Waals surface area contributed by atoms with Gasteiger partial charge in [-0.3, -0.25) is 4.79 Å². The van der Waals surface area contributed by atoms with Crippen molar-refractivity contribution < 1.29 is 9.18 Å². The second kappa shape index (κ2) is 7.53. The highest BCUT2D eigenvalue weighted by atomic mass is 19.1. The summed E-state index contributed by atoms with van der Waals surface area (Å²) >= 11 is 0. The molecule has 2 N–H and O–H groups in total. The Kier molecular flexibility index (Phi) is 4.99. The summed E-state index contributed by atoms with van der Waals surface area (Å²) in [4.78, 5) is 19.6. The first-order chi connectivity index (χ1) is 12.1. The Labute approximate surface area is 145 Å². The predicted molar refractivity (Wildman–Crippen MR) is 95.5 cm³/mol. The average Bonchev–Trinajstić information content (AvgIpc) is 2.62. The Morgan fingerprint density at radius 3 is 2.48 bits per heavy atom. The lowest BCUT2D eigenvalue weighted by molar-refractivity contribution is 0.101. The molecule has 0 saturated heterocycles. The van der Waals surface area contributed by atoms with Gasteiger partial charge < -0.3 is 10.6 Å². The van der Waals surface area contributed by atoms with E-state index in [2.05, 4.69) is 20.6 Å². The van der Waals surface area contributed by atoms with Crippen LogP contribution in [0.5, 0.6) is 0 Å². The molecule has 3 aromatic rings. The van der Waals surface area contributed by atoms with E-state index >= 15 is 0 Å². The van der Waals surface area contributed by atoms with Crippen LogP contribution >= 0.6 is 0 Å². The summed E-state index contributed by atoms with van der Waals surface area (Å²) in [5, 5.41) is 6.22. The summed E-state index contributed by atoms with van der Waals surface area (Å²) in [6, 6.07) is 15.5. The van der Waals surface area contributed by atoms with Gasteiger partial charge in [0.15, 0.2) is 5.78 Å². The molecule has 0 fully saturated rings. The van der Waals surface area contributed by atoms with Crippen molar-refractivity contribution in [1.82, 2.24) is 9.97 Å². The largest absolute Gasteiger partial charge is 0.366 e. The minimum absolute atomic E-state index is 0.0215. The molecule has 25 heavy (non-hydrogen) atoms. The molecule has 0 aliphatic rings. The number of rotatable bonds is 6. The van der Waals surface area contributed by atoms with E-state index < -0.39 is 0 Å². The number of anilines is 3. The first kappa shape index (κ1) is 16.6. The highest BCUT2D eigenvalue weighted by Crippen LogP contribution is 2.18. The molecule has 0 atom stereocenters. The van der Waals surface area contributed by atoms with Gasteiger partial charge in [-0.2, -0.15) is 0 Å². The van der Waals surface area contributed by atoms with Crippen molar-refractivity contribution in [3.05, 3.63) is 77.9 Å². The monoisotopic (exact) mass is 336 g/mol. The molecule has 0 aliphatic heterocycles. The summed E-state index contributed by atoms with van der Waals surface area (Å²) in [5.41, 5.74) is 2.03. The molecule has 0 aliphatic carbocycles. The molecule has 0 bridgehead atoms. The van der Waals surface area contributed by atoms with Crippen LogP contribution in [0.1, 0.15) is 22.8 Å². The number of nitrogens with one attached hydrogen (secondary N) is 2. The maximum absolute atomic E-state index is 13.6. The van der Waals surface area contributed by atoms with E-state index in [9.17, 15) is 9.18 Å². The van der Waals surface area contributed by atoms with Crippen LogP contribution in [0.3, 0.4) is 0 Å². The average molecular weight is 336 g/mol. The molecular formula is C19H17FN4O. The van der Waals surface area contributed by atoms with Crippen LogP contribution in [0.25, 0.3) is 0 Å². The Morgan fingerprint density at radius 2 is 1.76 bits per heavy atom. The Bertz CT molecular complexity index is 881. The molecule has 0 radical (unpaired) electrons. The third kappa shape index (κ3) is 4.38. The van der Waals surface area contributed by atoms with Gasteiger partial charge in [0, 0.05) is 29.4 Å². The zero-order chi connectivity index (χ0) is 17.6. The summed E-state index contributed by atoms with van der Waals surface area (Å²) in [6.07, 6.45) is 1.43. The van der Waals surface area contributed by atoms with Gasteiger partial charge >= 0.3 is 0 Å². The maximum Gasteiger partial charge on any atom is 0.159 e. The van der Waals surface area contributed by atoms with Crippen molar-refractivity contribution in [2.75, 3.05) is 10.6 Å². The molecule has 3 rings (SSSR count). The maximum atomic E-state index is 13.6. The van der Waals surface area contributed by atoms with Crippen molar-refractivity contribution in [2.45, 2.75) is 13.5 Å². The van der Waals surface area contributed by atoms with Gasteiger partial charge in [0.25, 0.3) is 0 Å². The second-order valence-corrected chi connectivity index (χ2v) is 5.49. The molecule has 0 spiro atoms. The van der Waals surface area contributed by atoms with Crippen molar-refractivity contribution in [2.24, 2.45) is 0 Å². The molecule has 0 unspecified atom stereocenters. The van der Waals surface area contributed by atoms with E-state index in [-0.39, 0.29) is 11.6 Å². The lowest BCUT2D eigenvalue weighted by Gasteiger charge is -2.09. The van der Waals surface area contributed by atoms with Gasteiger partial charge in [0.05, 0.1) is 0 Å². The normalized spacial score (nSPS) is 10.3. The molecule has 6 heteroatoms. The number of carbonyl (C=O) groups is 1. The Morgan fingerprint density at radius 1 is 1.04 bits per heavy atom. The van der Waals surface area contributed by atoms with E-state index in [1.54, 1.807) is 36.4 Å². The number of nitrogens with zero attached hydrogens (tertiary/aromatic N) is 2. The number of aromatic nitrogens is 2. The van der Waals surface area contributed by atoms with Crippen LogP contribution in [-0.2, 0) is 6.54 Å². The fraction of sp³-hybridized carbons (Fsp3) is 0.105. The molecule has 1 heterocycles. The van der Waals surface area contributed by atoms with Crippen LogP contribution in [-0.4, -0.2) is 15.8 Å². The van der Waals surface area contributed by atoms with E-state index in [0.29, 0.717) is 29.3 Å². The number of Topliss-reactive ketones (excluding diaryl/α,β-unsaturated/α-hetero) is 1. The van der Waals surface area contributed by atoms with E-state index in [1.165, 1.54) is 19.3 Å². The highest BCUT2D eigenvalue weighted by Gasteiger charge is 2.04. The minimum Gasteiger partial charge on any atom is -0.366 e. The van der Waals surface area contributed by atoms with Crippen molar-refractivity contribution >= 4 is 23.1 Å². The van der Waals surface area contributed by atoms with Crippen molar-refractivity contribution in [3.63, 3.8) is 0 Å². The molecular weight excluding hydrogens is 319 g/mol. The number of halogens is 1. The van der Waals surface area contributed by atoms with Gasteiger partial charge in [-0.05, 0) is 37.3 Å². The number of benzene rings is 2. The summed E-state index contributed by atoms with van der Waals surface area (Å²) in [5.74, 6) is 0.948. The summed E-state index contributed by atoms with van der Waals surface area (Å²) in [6.45, 7) is 1.86. The third-order valence-electron chi connectivity index (χ3n) is 3.65. The van der Waals surface area contributed by atoms with Crippen LogP contribution in [0.2, 0.25) is 0 Å². The fourth-order valence-electron chi connectivity index (χ4n) is 2.29. The molecule has 0 amide bonds. The fourth-order valence-corrected chi connectivity index (χ4v) is 2.29. The van der Waals surface area contributed by atoms with Gasteiger partial charge in [0.2, 0.25) is 0 Å². The SMILES string of the molecule is CC(=O)c1ccc(Nc2cc(NCc3ccccc3F)ncn2)cc1. The highest BCUT2D eigenvalue weighted by molar-refractivity contribution is 5.94. The smallest absolute Gasteiger partial charge is 0.159 e. The summed E-state index contributed by atoms with van der Waals surface area (Å²) in [7, 11) is 0. The van der Waals surface area contributed by atoms with Crippen LogP contribution in [0, 0.1) is 5.82 Å². The van der Waals surface area contributed by atoms with Gasteiger partial charge in [-0.25, -0.2) is 14.4 Å². The molecule has 126 valence electrons. The molecule has 2 aromatic carbocycles. The first-order valence-electron chi connectivity index (χ1n) is 7.79. The van der Waals surface area contributed by atoms with E-state index in [0.717, 1.165) is 5.69 Å². The molecule has 0 saturated carbocycles. The Balaban J connectivity index is 1.67. The topological polar surface area (TPSA) is 66.9 Å². The number of hydrogen-bond acceptors (Lipinski definition) is 5. The first-order valence-corrected chi connectivity index (χ1v) is 7.79. The number of ketones is 1. The second-order valence-electron chi connectivity index (χ2n) is 5.49. The van der Waals surface area contributed by atoms with Crippen LogP contribution < -0.4 is 10.6 Å². The standard InChI is InChI=1S/C19H17FN4O/c1-13(25)14-6-8-16(9-7-14)24-19-10-18(22-12-23-19)21-11-15-4-2-3-5-17(15)20/h2-10,12H,11H2,1H3,(H2,21,22,23,24). The van der Waals surface area contributed by atoms with Crippen LogP contribution in [0.15, 0.2) is 60.9 Å². The zero-order valence-electron chi connectivity index (χ0n) is 13.7. The predicted octanol–water partition coefficient (Wildman–Crippen LogP) is 4.17. The van der Waals surface area contributed by atoms with Gasteiger partial charge in [-0.1, -0.05) is 18.2 Å². The van der Waals surface area contributed by atoms with Crippen molar-refractivity contribution in [3.8, 4) is 0 Å². The number of hydrogen-bond donors (Lipinski definition) is 2. The minimum atomic E-state index is -0.257. The molecule has 1 aromatic heterocycles. The zero-order valence-corrected chi connectivity index (χ0v) is 13.7.